The number of hydrogen-bond acceptors (Lipinski definition) is 5. The molecule has 7 nitrogen and oxygen atoms in total. The van der Waals surface area contributed by atoms with E-state index in [4.69, 9.17) is 4.98 Å². The van der Waals surface area contributed by atoms with Gasteiger partial charge in [0.2, 0.25) is 0 Å². The van der Waals surface area contributed by atoms with Crippen molar-refractivity contribution in [3.8, 4) is 0 Å². The zero-order valence-electron chi connectivity index (χ0n) is 15.5. The average molecular weight is 331 g/mol. The molecule has 7 heteroatoms. The maximum Gasteiger partial charge on any atom is 0.153 e. The Morgan fingerprint density at radius 1 is 1.12 bits per heavy atom. The molecular formula is C17H29N7. The first-order valence-electron chi connectivity index (χ1n) is 9.01. The van der Waals surface area contributed by atoms with Crippen LogP contribution in [-0.4, -0.2) is 41.4 Å². The smallest absolute Gasteiger partial charge is 0.153 e. The van der Waals surface area contributed by atoms with Gasteiger partial charge in [-0.2, -0.15) is 5.10 Å². The van der Waals surface area contributed by atoms with Crippen molar-refractivity contribution in [2.45, 2.75) is 71.4 Å². The predicted molar refractivity (Wildman–Crippen MR) is 92.6 cm³/mol. The van der Waals surface area contributed by atoms with Gasteiger partial charge in [-0.25, -0.2) is 4.98 Å². The molecule has 2 aromatic heterocycles. The van der Waals surface area contributed by atoms with Gasteiger partial charge in [0, 0.05) is 18.9 Å². The highest BCUT2D eigenvalue weighted by atomic mass is 15.3. The Kier molecular flexibility index (Phi) is 4.99. The fourth-order valence-electron chi connectivity index (χ4n) is 3.38. The van der Waals surface area contributed by atoms with Crippen molar-refractivity contribution in [2.75, 3.05) is 6.54 Å². The van der Waals surface area contributed by atoms with Gasteiger partial charge in [-0.05, 0) is 19.4 Å². The SMILES string of the molecule is CC(C)c1n[nH]c([C@@H]2CCCCN2Cc2nnc(C(C)C)n2C)n1. The third-order valence-corrected chi connectivity index (χ3v) is 4.83. The van der Waals surface area contributed by atoms with E-state index in [1.807, 2.05) is 0 Å². The van der Waals surface area contributed by atoms with Crippen molar-refractivity contribution >= 4 is 0 Å². The van der Waals surface area contributed by atoms with E-state index in [1.54, 1.807) is 0 Å². The van der Waals surface area contributed by atoms with Crippen LogP contribution in [-0.2, 0) is 13.6 Å². The second-order valence-electron chi connectivity index (χ2n) is 7.40. The van der Waals surface area contributed by atoms with E-state index in [0.717, 1.165) is 42.8 Å². The fraction of sp³-hybridized carbons (Fsp3) is 0.765. The maximum absolute atomic E-state index is 4.73. The molecule has 3 rings (SSSR count). The van der Waals surface area contributed by atoms with Crippen LogP contribution in [0.15, 0.2) is 0 Å². The number of rotatable bonds is 5. The first-order valence-corrected chi connectivity index (χ1v) is 9.01. The summed E-state index contributed by atoms with van der Waals surface area (Å²) < 4.78 is 2.14. The Hall–Kier alpha value is -1.76. The number of aromatic amines is 1. The minimum atomic E-state index is 0.290. The normalized spacial score (nSPS) is 19.5. The Balaban J connectivity index is 1.79. The molecule has 0 bridgehead atoms. The van der Waals surface area contributed by atoms with E-state index in [9.17, 15) is 0 Å². The Morgan fingerprint density at radius 3 is 2.54 bits per heavy atom. The first kappa shape index (κ1) is 17.1. The van der Waals surface area contributed by atoms with E-state index in [1.165, 1.54) is 12.8 Å². The molecule has 1 atom stereocenters. The minimum Gasteiger partial charge on any atom is -0.317 e. The molecule has 0 unspecified atom stereocenters. The lowest BCUT2D eigenvalue weighted by Crippen LogP contribution is -2.34. The maximum atomic E-state index is 4.73. The molecule has 132 valence electrons. The van der Waals surface area contributed by atoms with Gasteiger partial charge in [-0.1, -0.05) is 34.1 Å². The highest BCUT2D eigenvalue weighted by Crippen LogP contribution is 2.30. The van der Waals surface area contributed by atoms with Gasteiger partial charge in [0.15, 0.2) is 5.82 Å². The van der Waals surface area contributed by atoms with Crippen molar-refractivity contribution in [1.82, 2.24) is 34.8 Å². The molecule has 3 heterocycles. The van der Waals surface area contributed by atoms with Gasteiger partial charge in [0.05, 0.1) is 12.6 Å². The molecule has 0 aliphatic carbocycles. The third-order valence-electron chi connectivity index (χ3n) is 4.83. The lowest BCUT2D eigenvalue weighted by atomic mass is 10.0. The van der Waals surface area contributed by atoms with Gasteiger partial charge >= 0.3 is 0 Å². The van der Waals surface area contributed by atoms with Gasteiger partial charge in [0.1, 0.15) is 17.5 Å². The number of likely N-dealkylation sites (tertiary alicyclic amines) is 1. The quantitative estimate of drug-likeness (QED) is 0.911. The Bertz CT molecular complexity index is 670. The fourth-order valence-corrected chi connectivity index (χ4v) is 3.38. The summed E-state index contributed by atoms with van der Waals surface area (Å²) in [6.07, 6.45) is 3.56. The standard InChI is InChI=1S/C17H29N7/c1-11(2)15-18-16(21-20-15)13-8-6-7-9-24(13)10-14-19-22-17(12(3)4)23(14)5/h11-13H,6-10H2,1-5H3,(H,18,20,21)/t13-/m0/s1. The molecule has 1 aliphatic rings. The molecular weight excluding hydrogens is 302 g/mol. The van der Waals surface area contributed by atoms with Crippen LogP contribution in [0.25, 0.3) is 0 Å². The third kappa shape index (κ3) is 3.36. The lowest BCUT2D eigenvalue weighted by molar-refractivity contribution is 0.129. The van der Waals surface area contributed by atoms with Gasteiger partial charge < -0.3 is 4.57 Å². The van der Waals surface area contributed by atoms with Crippen LogP contribution in [0.3, 0.4) is 0 Å². The Morgan fingerprint density at radius 2 is 1.92 bits per heavy atom. The molecule has 24 heavy (non-hydrogen) atoms. The monoisotopic (exact) mass is 331 g/mol. The van der Waals surface area contributed by atoms with Crippen LogP contribution in [0.2, 0.25) is 0 Å². The number of H-pyrrole nitrogens is 1. The van der Waals surface area contributed by atoms with Crippen molar-refractivity contribution in [3.05, 3.63) is 23.3 Å². The van der Waals surface area contributed by atoms with Gasteiger partial charge in [-0.3, -0.25) is 10.00 Å². The number of piperidine rings is 1. The van der Waals surface area contributed by atoms with Gasteiger partial charge in [-0.15, -0.1) is 10.2 Å². The summed E-state index contributed by atoms with van der Waals surface area (Å²) in [4.78, 5) is 7.19. The summed E-state index contributed by atoms with van der Waals surface area (Å²) in [6, 6.07) is 0.290. The molecule has 0 saturated carbocycles. The molecule has 1 saturated heterocycles. The van der Waals surface area contributed by atoms with Crippen LogP contribution >= 0.6 is 0 Å². The molecule has 0 amide bonds. The van der Waals surface area contributed by atoms with Crippen LogP contribution in [0.1, 0.15) is 88.1 Å². The highest BCUT2D eigenvalue weighted by Gasteiger charge is 2.28. The second-order valence-corrected chi connectivity index (χ2v) is 7.40. The van der Waals surface area contributed by atoms with Crippen molar-refractivity contribution in [3.63, 3.8) is 0 Å². The van der Waals surface area contributed by atoms with E-state index < -0.39 is 0 Å². The second kappa shape index (κ2) is 7.01. The molecule has 0 spiro atoms. The zero-order chi connectivity index (χ0) is 17.3. The van der Waals surface area contributed by atoms with Crippen molar-refractivity contribution < 1.29 is 0 Å². The van der Waals surface area contributed by atoms with Gasteiger partial charge in [0.25, 0.3) is 0 Å². The van der Waals surface area contributed by atoms with Crippen LogP contribution in [0.5, 0.6) is 0 Å². The summed E-state index contributed by atoms with van der Waals surface area (Å²) >= 11 is 0. The van der Waals surface area contributed by atoms with E-state index in [0.29, 0.717) is 11.8 Å². The van der Waals surface area contributed by atoms with Crippen LogP contribution in [0, 0.1) is 0 Å². The highest BCUT2D eigenvalue weighted by molar-refractivity contribution is 5.04. The molecule has 1 N–H and O–H groups in total. The van der Waals surface area contributed by atoms with E-state index in [-0.39, 0.29) is 6.04 Å². The van der Waals surface area contributed by atoms with Crippen molar-refractivity contribution in [1.29, 1.82) is 0 Å². The van der Waals surface area contributed by atoms with E-state index >= 15 is 0 Å². The topological polar surface area (TPSA) is 75.5 Å². The molecule has 0 radical (unpaired) electrons. The predicted octanol–water partition coefficient (Wildman–Crippen LogP) is 2.91. The number of hydrogen-bond donors (Lipinski definition) is 1. The molecule has 2 aromatic rings. The lowest BCUT2D eigenvalue weighted by Gasteiger charge is -2.33. The summed E-state index contributed by atoms with van der Waals surface area (Å²) in [5.41, 5.74) is 0. The van der Waals surface area contributed by atoms with E-state index in [2.05, 4.69) is 64.6 Å². The summed E-state index contributed by atoms with van der Waals surface area (Å²) in [7, 11) is 2.06. The number of nitrogens with zero attached hydrogens (tertiary/aromatic N) is 6. The zero-order valence-corrected chi connectivity index (χ0v) is 15.5. The van der Waals surface area contributed by atoms with Crippen LogP contribution < -0.4 is 0 Å². The number of nitrogens with one attached hydrogen (secondary N) is 1. The van der Waals surface area contributed by atoms with Crippen molar-refractivity contribution in [2.24, 2.45) is 7.05 Å². The minimum absolute atomic E-state index is 0.290. The summed E-state index contributed by atoms with van der Waals surface area (Å²) in [5.74, 6) is 4.69. The Labute approximate surface area is 143 Å². The average Bonchev–Trinajstić information content (AvgIpc) is 3.16. The summed E-state index contributed by atoms with van der Waals surface area (Å²) in [5, 5.41) is 16.3. The summed E-state index contributed by atoms with van der Waals surface area (Å²) in [6.45, 7) is 10.4. The first-order chi connectivity index (χ1) is 11.5. The molecule has 1 aliphatic heterocycles. The largest absolute Gasteiger partial charge is 0.317 e. The van der Waals surface area contributed by atoms with Crippen LogP contribution in [0.4, 0.5) is 0 Å². The molecule has 1 fully saturated rings. The number of aromatic nitrogens is 6. The molecule has 0 aromatic carbocycles.